The van der Waals surface area contributed by atoms with Crippen LogP contribution in [0.4, 0.5) is 10.3 Å². The Morgan fingerprint density at radius 3 is 2.69 bits per heavy atom. The average molecular weight is 497 g/mol. The molecule has 1 saturated heterocycles. The molecule has 2 fully saturated rings. The van der Waals surface area contributed by atoms with E-state index >= 15 is 0 Å². The SMILES string of the molecule is CC1CCC(C(=O)NC2CN(C(=O)c3nc(N[C@@H](C)c4cncc(F)c4)nc4ccsc34)C2)CC1. The number of rotatable bonds is 6. The minimum Gasteiger partial charge on any atom is -0.350 e. The number of carbonyl (C=O) groups is 2. The third-order valence-electron chi connectivity index (χ3n) is 6.98. The molecule has 3 aromatic heterocycles. The highest BCUT2D eigenvalue weighted by molar-refractivity contribution is 7.17. The third kappa shape index (κ3) is 5.12. The Hall–Kier alpha value is -3.14. The Labute approximate surface area is 207 Å². The number of pyridine rings is 1. The maximum absolute atomic E-state index is 13.6. The molecule has 5 rings (SSSR count). The predicted octanol–water partition coefficient (Wildman–Crippen LogP) is 4.17. The van der Waals surface area contributed by atoms with Gasteiger partial charge in [0.2, 0.25) is 11.9 Å². The number of nitrogens with one attached hydrogen (secondary N) is 2. The van der Waals surface area contributed by atoms with Crippen molar-refractivity contribution in [1.82, 2.24) is 25.2 Å². The summed E-state index contributed by atoms with van der Waals surface area (Å²) in [6.07, 6.45) is 6.82. The van der Waals surface area contributed by atoms with Crippen LogP contribution in [0.5, 0.6) is 0 Å². The fourth-order valence-electron chi connectivity index (χ4n) is 4.74. The molecule has 184 valence electrons. The number of fused-ring (bicyclic) bond motifs is 1. The molecule has 4 heterocycles. The molecule has 8 nitrogen and oxygen atoms in total. The summed E-state index contributed by atoms with van der Waals surface area (Å²) in [6.45, 7) is 5.04. The largest absolute Gasteiger partial charge is 0.350 e. The van der Waals surface area contributed by atoms with Crippen LogP contribution in [0.3, 0.4) is 0 Å². The van der Waals surface area contributed by atoms with Crippen molar-refractivity contribution in [2.45, 2.75) is 51.6 Å². The zero-order valence-electron chi connectivity index (χ0n) is 19.8. The van der Waals surface area contributed by atoms with Crippen molar-refractivity contribution in [3.05, 3.63) is 47.0 Å². The summed E-state index contributed by atoms with van der Waals surface area (Å²) in [5.74, 6) is 0.605. The quantitative estimate of drug-likeness (QED) is 0.532. The van der Waals surface area contributed by atoms with E-state index in [4.69, 9.17) is 0 Å². The van der Waals surface area contributed by atoms with Gasteiger partial charge in [-0.3, -0.25) is 14.6 Å². The molecule has 0 aromatic carbocycles. The lowest BCUT2D eigenvalue weighted by molar-refractivity contribution is -0.127. The Morgan fingerprint density at radius 1 is 1.17 bits per heavy atom. The van der Waals surface area contributed by atoms with Crippen molar-refractivity contribution in [2.75, 3.05) is 18.4 Å². The van der Waals surface area contributed by atoms with Crippen LogP contribution >= 0.6 is 11.3 Å². The van der Waals surface area contributed by atoms with Crippen LogP contribution in [0.1, 0.15) is 61.6 Å². The summed E-state index contributed by atoms with van der Waals surface area (Å²) < 4.78 is 14.3. The van der Waals surface area contributed by atoms with E-state index in [2.05, 4.69) is 32.5 Å². The van der Waals surface area contributed by atoms with Gasteiger partial charge in [-0.25, -0.2) is 14.4 Å². The molecule has 2 amide bonds. The standard InChI is InChI=1S/C25H29FN6O2S/c1-14-3-5-16(6-4-14)23(33)29-19-12-32(13-19)24(34)21-22-20(7-8-35-22)30-25(31-21)28-15(2)17-9-18(26)11-27-10-17/h7-11,14-16,19H,3-6,12-13H2,1-2H3,(H,29,33)(H,28,30,31)/t14?,15-,16?/m0/s1. The number of anilines is 1. The van der Waals surface area contributed by atoms with Crippen LogP contribution in [0.25, 0.3) is 10.2 Å². The van der Waals surface area contributed by atoms with Crippen molar-refractivity contribution in [3.8, 4) is 0 Å². The second kappa shape index (κ2) is 9.85. The number of halogens is 1. The average Bonchev–Trinajstić information content (AvgIpc) is 3.29. The van der Waals surface area contributed by atoms with Crippen molar-refractivity contribution in [2.24, 2.45) is 11.8 Å². The molecule has 1 aliphatic carbocycles. The van der Waals surface area contributed by atoms with E-state index in [1.165, 1.54) is 17.4 Å². The van der Waals surface area contributed by atoms with Crippen LogP contribution in [-0.4, -0.2) is 50.8 Å². The van der Waals surface area contributed by atoms with E-state index in [9.17, 15) is 14.0 Å². The highest BCUT2D eigenvalue weighted by Crippen LogP contribution is 2.30. The van der Waals surface area contributed by atoms with E-state index in [-0.39, 0.29) is 29.8 Å². The van der Waals surface area contributed by atoms with Crippen LogP contribution in [-0.2, 0) is 4.79 Å². The van der Waals surface area contributed by atoms with Crippen LogP contribution in [0, 0.1) is 17.7 Å². The first-order chi connectivity index (χ1) is 16.9. The van der Waals surface area contributed by atoms with E-state index in [1.807, 2.05) is 18.4 Å². The summed E-state index contributed by atoms with van der Waals surface area (Å²) in [6, 6.07) is 2.93. The van der Waals surface area contributed by atoms with Crippen molar-refractivity contribution >= 4 is 39.3 Å². The molecule has 1 aliphatic heterocycles. The number of nitrogens with zero attached hydrogens (tertiary/aromatic N) is 4. The number of likely N-dealkylation sites (tertiary alicyclic amines) is 1. The number of hydrogen-bond donors (Lipinski definition) is 2. The molecule has 0 radical (unpaired) electrons. The Kier molecular flexibility index (Phi) is 6.64. The summed E-state index contributed by atoms with van der Waals surface area (Å²) in [5.41, 5.74) is 1.67. The number of hydrogen-bond acceptors (Lipinski definition) is 7. The fourth-order valence-corrected chi connectivity index (χ4v) is 5.55. The molecule has 35 heavy (non-hydrogen) atoms. The summed E-state index contributed by atoms with van der Waals surface area (Å²) in [5, 5.41) is 8.16. The van der Waals surface area contributed by atoms with Gasteiger partial charge < -0.3 is 15.5 Å². The van der Waals surface area contributed by atoms with E-state index in [0.717, 1.165) is 36.6 Å². The van der Waals surface area contributed by atoms with E-state index < -0.39 is 5.82 Å². The lowest BCUT2D eigenvalue weighted by Crippen LogP contribution is -2.61. The second-order valence-corrected chi connectivity index (χ2v) is 10.6. The van der Waals surface area contributed by atoms with E-state index in [1.54, 1.807) is 11.1 Å². The maximum atomic E-state index is 13.6. The van der Waals surface area contributed by atoms with Crippen LogP contribution in [0.15, 0.2) is 29.9 Å². The molecule has 1 saturated carbocycles. The van der Waals surface area contributed by atoms with Crippen molar-refractivity contribution in [1.29, 1.82) is 0 Å². The Balaban J connectivity index is 1.24. The topological polar surface area (TPSA) is 100 Å². The van der Waals surface area contributed by atoms with Gasteiger partial charge in [-0.1, -0.05) is 6.92 Å². The van der Waals surface area contributed by atoms with Crippen LogP contribution in [0.2, 0.25) is 0 Å². The summed E-state index contributed by atoms with van der Waals surface area (Å²) in [7, 11) is 0. The second-order valence-electron chi connectivity index (χ2n) is 9.71. The van der Waals surface area contributed by atoms with Gasteiger partial charge in [-0.2, -0.15) is 0 Å². The minimum atomic E-state index is -0.418. The predicted molar refractivity (Wildman–Crippen MR) is 133 cm³/mol. The van der Waals surface area contributed by atoms with E-state index in [0.29, 0.717) is 41.7 Å². The monoisotopic (exact) mass is 496 g/mol. The number of thiophene rings is 1. The van der Waals surface area contributed by atoms with Gasteiger partial charge in [0.25, 0.3) is 5.91 Å². The van der Waals surface area contributed by atoms with Crippen LogP contribution < -0.4 is 10.6 Å². The van der Waals surface area contributed by atoms with Crippen molar-refractivity contribution < 1.29 is 14.0 Å². The van der Waals surface area contributed by atoms with Crippen molar-refractivity contribution in [3.63, 3.8) is 0 Å². The molecule has 0 unspecified atom stereocenters. The zero-order valence-corrected chi connectivity index (χ0v) is 20.6. The normalized spacial score (nSPS) is 21.4. The first kappa shape index (κ1) is 23.6. The highest BCUT2D eigenvalue weighted by Gasteiger charge is 2.35. The number of aromatic nitrogens is 3. The molecular formula is C25H29FN6O2S. The minimum absolute atomic E-state index is 0.0236. The lowest BCUT2D eigenvalue weighted by Gasteiger charge is -2.40. The Bertz CT molecular complexity index is 1240. The molecule has 2 N–H and O–H groups in total. The molecular weight excluding hydrogens is 467 g/mol. The van der Waals surface area contributed by atoms with Gasteiger partial charge in [0.05, 0.1) is 28.5 Å². The molecule has 1 atom stereocenters. The maximum Gasteiger partial charge on any atom is 0.274 e. The summed E-state index contributed by atoms with van der Waals surface area (Å²) >= 11 is 1.42. The Morgan fingerprint density at radius 2 is 1.94 bits per heavy atom. The first-order valence-corrected chi connectivity index (χ1v) is 13.0. The number of amides is 2. The van der Waals surface area contributed by atoms with Gasteiger partial charge in [0.1, 0.15) is 5.82 Å². The van der Waals surface area contributed by atoms with Gasteiger partial charge in [-0.05, 0) is 61.6 Å². The highest BCUT2D eigenvalue weighted by atomic mass is 32.1. The summed E-state index contributed by atoms with van der Waals surface area (Å²) in [4.78, 5) is 40.6. The third-order valence-corrected chi connectivity index (χ3v) is 7.89. The fraction of sp³-hybridized carbons (Fsp3) is 0.480. The smallest absolute Gasteiger partial charge is 0.274 e. The molecule has 3 aromatic rings. The molecule has 0 spiro atoms. The zero-order chi connectivity index (χ0) is 24.5. The molecule has 2 aliphatic rings. The molecule has 10 heteroatoms. The van der Waals surface area contributed by atoms with Gasteiger partial charge in [0.15, 0.2) is 5.69 Å². The van der Waals surface area contributed by atoms with Gasteiger partial charge >= 0.3 is 0 Å². The number of carbonyl (C=O) groups excluding carboxylic acids is 2. The first-order valence-electron chi connectivity index (χ1n) is 12.1. The lowest BCUT2D eigenvalue weighted by atomic mass is 9.82. The van der Waals surface area contributed by atoms with Gasteiger partial charge in [-0.15, -0.1) is 11.3 Å². The van der Waals surface area contributed by atoms with Gasteiger partial charge in [0, 0.05) is 25.2 Å². The molecule has 0 bridgehead atoms.